The van der Waals surface area contributed by atoms with Crippen molar-refractivity contribution in [3.8, 4) is 5.82 Å². The van der Waals surface area contributed by atoms with E-state index in [1.54, 1.807) is 0 Å². The highest BCUT2D eigenvalue weighted by Crippen LogP contribution is 2.39. The number of imidazole rings is 1. The van der Waals surface area contributed by atoms with Crippen molar-refractivity contribution in [2.75, 3.05) is 12.4 Å². The van der Waals surface area contributed by atoms with E-state index < -0.39 is 0 Å². The molecule has 0 spiro atoms. The van der Waals surface area contributed by atoms with Gasteiger partial charge in [0.25, 0.3) is 0 Å². The lowest BCUT2D eigenvalue weighted by Crippen LogP contribution is -2.10. The maximum atomic E-state index is 4.77. The standard InChI is InChI=1S/C14H19N5/c1-4-11-16-7-8-19(11)14-9(2)12(15-3)17-13(18-14)10-5-6-10/h7-8,10H,4-6H2,1-3H3,(H,15,17,18). The van der Waals surface area contributed by atoms with Crippen LogP contribution in [0.1, 0.15) is 42.9 Å². The van der Waals surface area contributed by atoms with Gasteiger partial charge in [-0.2, -0.15) is 0 Å². The minimum atomic E-state index is 0.542. The van der Waals surface area contributed by atoms with E-state index in [1.807, 2.05) is 19.4 Å². The largest absolute Gasteiger partial charge is 0.373 e. The van der Waals surface area contributed by atoms with Crippen LogP contribution >= 0.6 is 0 Å². The molecule has 2 aromatic heterocycles. The quantitative estimate of drug-likeness (QED) is 0.914. The van der Waals surface area contributed by atoms with E-state index in [0.717, 1.165) is 35.3 Å². The van der Waals surface area contributed by atoms with Gasteiger partial charge < -0.3 is 5.32 Å². The van der Waals surface area contributed by atoms with Crippen LogP contribution in [0.25, 0.3) is 5.82 Å². The highest BCUT2D eigenvalue weighted by Gasteiger charge is 2.28. The van der Waals surface area contributed by atoms with Crippen LogP contribution in [0.3, 0.4) is 0 Å². The van der Waals surface area contributed by atoms with Crippen molar-refractivity contribution in [1.82, 2.24) is 19.5 Å². The zero-order valence-corrected chi connectivity index (χ0v) is 11.6. The van der Waals surface area contributed by atoms with Gasteiger partial charge in [0.15, 0.2) is 0 Å². The average Bonchev–Trinajstić information content (AvgIpc) is 3.17. The second-order valence-corrected chi connectivity index (χ2v) is 4.97. The number of nitrogens with one attached hydrogen (secondary N) is 1. The Labute approximate surface area is 113 Å². The Kier molecular flexibility index (Phi) is 2.97. The van der Waals surface area contributed by atoms with Crippen LogP contribution < -0.4 is 5.32 Å². The van der Waals surface area contributed by atoms with Crippen LogP contribution in [0.4, 0.5) is 5.82 Å². The summed E-state index contributed by atoms with van der Waals surface area (Å²) in [4.78, 5) is 13.8. The van der Waals surface area contributed by atoms with E-state index in [1.165, 1.54) is 12.8 Å². The van der Waals surface area contributed by atoms with Gasteiger partial charge in [-0.3, -0.25) is 4.57 Å². The van der Waals surface area contributed by atoms with Gasteiger partial charge in [-0.05, 0) is 19.8 Å². The highest BCUT2D eigenvalue weighted by atomic mass is 15.2. The van der Waals surface area contributed by atoms with Gasteiger partial charge >= 0.3 is 0 Å². The number of hydrogen-bond donors (Lipinski definition) is 1. The normalized spacial score (nSPS) is 14.7. The average molecular weight is 257 g/mol. The number of aromatic nitrogens is 4. The molecule has 1 saturated carbocycles. The third-order valence-corrected chi connectivity index (χ3v) is 3.58. The maximum Gasteiger partial charge on any atom is 0.146 e. The number of hydrogen-bond acceptors (Lipinski definition) is 4. The summed E-state index contributed by atoms with van der Waals surface area (Å²) in [6.07, 6.45) is 7.11. The first kappa shape index (κ1) is 12.1. The van der Waals surface area contributed by atoms with Crippen molar-refractivity contribution in [3.05, 3.63) is 29.6 Å². The van der Waals surface area contributed by atoms with Crippen molar-refractivity contribution in [2.45, 2.75) is 39.0 Å². The number of rotatable bonds is 4. The monoisotopic (exact) mass is 257 g/mol. The second-order valence-electron chi connectivity index (χ2n) is 4.97. The van der Waals surface area contributed by atoms with Gasteiger partial charge in [-0.1, -0.05) is 6.92 Å². The summed E-state index contributed by atoms with van der Waals surface area (Å²) in [6.45, 7) is 4.16. The SMILES string of the molecule is CCc1nccn1-c1nc(C2CC2)nc(NC)c1C. The molecule has 2 heterocycles. The highest BCUT2D eigenvalue weighted by molar-refractivity contribution is 5.52. The first-order valence-corrected chi connectivity index (χ1v) is 6.83. The molecule has 100 valence electrons. The molecule has 1 N–H and O–H groups in total. The van der Waals surface area contributed by atoms with E-state index in [2.05, 4.69) is 33.7 Å². The Balaban J connectivity index is 2.16. The van der Waals surface area contributed by atoms with Gasteiger partial charge in [0.1, 0.15) is 23.3 Å². The Bertz CT molecular complexity index is 598. The summed E-state index contributed by atoms with van der Waals surface area (Å²) in [7, 11) is 1.91. The van der Waals surface area contributed by atoms with Gasteiger partial charge in [0, 0.05) is 37.3 Å². The molecule has 0 aromatic carbocycles. The Hall–Kier alpha value is -1.91. The molecule has 1 fully saturated rings. The lowest BCUT2D eigenvalue weighted by atomic mass is 10.2. The third-order valence-electron chi connectivity index (χ3n) is 3.58. The van der Waals surface area contributed by atoms with Crippen molar-refractivity contribution < 1.29 is 0 Å². The minimum Gasteiger partial charge on any atom is -0.373 e. The molecule has 3 rings (SSSR count). The molecule has 0 atom stereocenters. The van der Waals surface area contributed by atoms with Crippen LogP contribution in [0.2, 0.25) is 0 Å². The topological polar surface area (TPSA) is 55.6 Å². The summed E-state index contributed by atoms with van der Waals surface area (Å²) < 4.78 is 2.07. The number of anilines is 1. The molecule has 2 aromatic rings. The van der Waals surface area contributed by atoms with E-state index in [-0.39, 0.29) is 0 Å². The molecule has 0 amide bonds. The van der Waals surface area contributed by atoms with Crippen LogP contribution in [0.5, 0.6) is 0 Å². The van der Waals surface area contributed by atoms with Crippen molar-refractivity contribution in [3.63, 3.8) is 0 Å². The molecule has 5 nitrogen and oxygen atoms in total. The summed E-state index contributed by atoms with van der Waals surface area (Å²) in [5, 5.41) is 3.17. The molecule has 0 aliphatic heterocycles. The second kappa shape index (κ2) is 4.64. The van der Waals surface area contributed by atoms with Crippen LogP contribution in [0, 0.1) is 6.92 Å². The molecule has 5 heteroatoms. The zero-order valence-electron chi connectivity index (χ0n) is 11.6. The Morgan fingerprint density at radius 1 is 1.37 bits per heavy atom. The molecule has 0 radical (unpaired) electrons. The van der Waals surface area contributed by atoms with E-state index >= 15 is 0 Å². The predicted molar refractivity (Wildman–Crippen MR) is 74.8 cm³/mol. The summed E-state index contributed by atoms with van der Waals surface area (Å²) >= 11 is 0. The molecule has 1 aliphatic rings. The lowest BCUT2D eigenvalue weighted by molar-refractivity contribution is 0.823. The zero-order chi connectivity index (χ0) is 13.4. The fourth-order valence-electron chi connectivity index (χ4n) is 2.31. The van der Waals surface area contributed by atoms with Gasteiger partial charge in [-0.25, -0.2) is 15.0 Å². The number of aryl methyl sites for hydroxylation is 1. The summed E-state index contributed by atoms with van der Waals surface area (Å²) in [6, 6.07) is 0. The first-order chi connectivity index (χ1) is 9.24. The maximum absolute atomic E-state index is 4.77. The molecule has 0 unspecified atom stereocenters. The molecular weight excluding hydrogens is 238 g/mol. The van der Waals surface area contributed by atoms with Crippen LogP contribution in [0.15, 0.2) is 12.4 Å². The molecule has 1 aliphatic carbocycles. The first-order valence-electron chi connectivity index (χ1n) is 6.83. The Morgan fingerprint density at radius 3 is 2.79 bits per heavy atom. The van der Waals surface area contributed by atoms with Gasteiger partial charge in [0.05, 0.1) is 0 Å². The fraction of sp³-hybridized carbons (Fsp3) is 0.500. The molecular formula is C14H19N5. The van der Waals surface area contributed by atoms with Crippen molar-refractivity contribution in [1.29, 1.82) is 0 Å². The smallest absolute Gasteiger partial charge is 0.146 e. The molecule has 19 heavy (non-hydrogen) atoms. The van der Waals surface area contributed by atoms with Gasteiger partial charge in [-0.15, -0.1) is 0 Å². The van der Waals surface area contributed by atoms with Crippen LogP contribution in [-0.4, -0.2) is 26.6 Å². The Morgan fingerprint density at radius 2 is 2.16 bits per heavy atom. The van der Waals surface area contributed by atoms with Gasteiger partial charge in [0.2, 0.25) is 0 Å². The van der Waals surface area contributed by atoms with E-state index in [9.17, 15) is 0 Å². The molecule has 0 saturated heterocycles. The van der Waals surface area contributed by atoms with E-state index in [0.29, 0.717) is 5.92 Å². The van der Waals surface area contributed by atoms with Crippen LogP contribution in [-0.2, 0) is 6.42 Å². The summed E-state index contributed by atoms with van der Waals surface area (Å²) in [5.74, 6) is 4.41. The van der Waals surface area contributed by atoms with Crippen molar-refractivity contribution >= 4 is 5.82 Å². The van der Waals surface area contributed by atoms with Crippen molar-refractivity contribution in [2.24, 2.45) is 0 Å². The third kappa shape index (κ3) is 2.09. The fourth-order valence-corrected chi connectivity index (χ4v) is 2.31. The number of nitrogens with zero attached hydrogens (tertiary/aromatic N) is 4. The summed E-state index contributed by atoms with van der Waals surface area (Å²) in [5.41, 5.74) is 1.07. The van der Waals surface area contributed by atoms with E-state index in [4.69, 9.17) is 4.98 Å². The predicted octanol–water partition coefficient (Wildman–Crippen LogP) is 2.45. The minimum absolute atomic E-state index is 0.542. The lowest BCUT2D eigenvalue weighted by Gasteiger charge is -2.14. The molecule has 0 bridgehead atoms.